The molecule has 1 saturated carbocycles. The molecule has 0 radical (unpaired) electrons. The number of ether oxygens (including phenoxy) is 1. The molecular formula is C15H31NO2. The van der Waals surface area contributed by atoms with Crippen molar-refractivity contribution < 1.29 is 9.84 Å². The van der Waals surface area contributed by atoms with Gasteiger partial charge in [-0.3, -0.25) is 0 Å². The van der Waals surface area contributed by atoms with E-state index in [2.05, 4.69) is 12.2 Å². The fourth-order valence-electron chi connectivity index (χ4n) is 2.12. The summed E-state index contributed by atoms with van der Waals surface area (Å²) >= 11 is 0. The minimum Gasteiger partial charge on any atom is -0.395 e. The maximum atomic E-state index is 9.21. The number of hydrogen-bond acceptors (Lipinski definition) is 3. The van der Waals surface area contributed by atoms with E-state index in [1.165, 1.54) is 51.4 Å². The lowest BCUT2D eigenvalue weighted by Crippen LogP contribution is -2.35. The Balaban J connectivity index is 1.79. The molecular weight excluding hydrogens is 226 g/mol. The highest BCUT2D eigenvalue weighted by Crippen LogP contribution is 2.19. The summed E-state index contributed by atoms with van der Waals surface area (Å²) in [4.78, 5) is 0. The summed E-state index contributed by atoms with van der Waals surface area (Å²) in [6.45, 7) is 4.14. The minimum absolute atomic E-state index is 0.233. The Kier molecular flexibility index (Phi) is 9.54. The van der Waals surface area contributed by atoms with Crippen LogP contribution in [0.1, 0.15) is 64.7 Å². The molecule has 2 N–H and O–H groups in total. The van der Waals surface area contributed by atoms with Gasteiger partial charge < -0.3 is 15.2 Å². The van der Waals surface area contributed by atoms with Gasteiger partial charge in [-0.2, -0.15) is 0 Å². The van der Waals surface area contributed by atoms with E-state index < -0.39 is 0 Å². The standard InChI is InChI=1S/C15H31NO2/c1-2-3-4-5-6-7-11-18-12-10-15(13-17)16-14-8-9-14/h14-17H,2-13H2,1H3. The Morgan fingerprint density at radius 2 is 1.83 bits per heavy atom. The van der Waals surface area contributed by atoms with Gasteiger partial charge in [0.05, 0.1) is 6.61 Å². The fourth-order valence-corrected chi connectivity index (χ4v) is 2.12. The third-order valence-corrected chi connectivity index (χ3v) is 3.52. The maximum Gasteiger partial charge on any atom is 0.0585 e. The molecule has 1 aliphatic carbocycles. The van der Waals surface area contributed by atoms with Crippen LogP contribution in [-0.2, 0) is 4.74 Å². The Hall–Kier alpha value is -0.120. The molecule has 0 aliphatic heterocycles. The van der Waals surface area contributed by atoms with Crippen LogP contribution in [0.5, 0.6) is 0 Å². The zero-order valence-corrected chi connectivity index (χ0v) is 12.0. The number of aliphatic hydroxyl groups excluding tert-OH is 1. The van der Waals surface area contributed by atoms with Gasteiger partial charge in [0.25, 0.3) is 0 Å². The maximum absolute atomic E-state index is 9.21. The SMILES string of the molecule is CCCCCCCCOCCC(CO)NC1CC1. The Bertz CT molecular complexity index is 183. The molecule has 0 aromatic carbocycles. The first kappa shape index (κ1) is 15.9. The van der Waals surface area contributed by atoms with E-state index in [1.54, 1.807) is 0 Å². The van der Waals surface area contributed by atoms with Crippen LogP contribution in [0.25, 0.3) is 0 Å². The molecule has 0 saturated heterocycles. The zero-order valence-electron chi connectivity index (χ0n) is 12.0. The van der Waals surface area contributed by atoms with Crippen LogP contribution in [0.2, 0.25) is 0 Å². The van der Waals surface area contributed by atoms with Crippen molar-refractivity contribution in [3.8, 4) is 0 Å². The quantitative estimate of drug-likeness (QED) is 0.499. The van der Waals surface area contributed by atoms with E-state index in [9.17, 15) is 5.11 Å². The predicted octanol–water partition coefficient (Wildman–Crippen LogP) is 2.87. The van der Waals surface area contributed by atoms with Crippen LogP contribution in [0.3, 0.4) is 0 Å². The lowest BCUT2D eigenvalue weighted by Gasteiger charge is -2.15. The molecule has 0 spiro atoms. The average molecular weight is 257 g/mol. The van der Waals surface area contributed by atoms with Crippen molar-refractivity contribution >= 4 is 0 Å². The predicted molar refractivity (Wildman–Crippen MR) is 75.8 cm³/mol. The van der Waals surface area contributed by atoms with Gasteiger partial charge in [-0.05, 0) is 25.7 Å². The van der Waals surface area contributed by atoms with Crippen LogP contribution < -0.4 is 5.32 Å². The summed E-state index contributed by atoms with van der Waals surface area (Å²) < 4.78 is 5.62. The van der Waals surface area contributed by atoms with Crippen molar-refractivity contribution in [3.63, 3.8) is 0 Å². The summed E-state index contributed by atoms with van der Waals surface area (Å²) in [7, 11) is 0. The number of hydrogen-bond donors (Lipinski definition) is 2. The Morgan fingerprint density at radius 1 is 1.11 bits per heavy atom. The Labute approximate surface area is 112 Å². The summed E-state index contributed by atoms with van der Waals surface area (Å²) in [6.07, 6.45) is 11.4. The lowest BCUT2D eigenvalue weighted by molar-refractivity contribution is 0.110. The topological polar surface area (TPSA) is 41.5 Å². The van der Waals surface area contributed by atoms with Crippen LogP contribution in [0.4, 0.5) is 0 Å². The van der Waals surface area contributed by atoms with Crippen molar-refractivity contribution in [2.24, 2.45) is 0 Å². The second kappa shape index (κ2) is 10.8. The largest absolute Gasteiger partial charge is 0.395 e. The van der Waals surface area contributed by atoms with Crippen LogP contribution in [-0.4, -0.2) is 37.0 Å². The van der Waals surface area contributed by atoms with Gasteiger partial charge in [-0.25, -0.2) is 0 Å². The molecule has 0 bridgehead atoms. The molecule has 1 aliphatic rings. The molecule has 0 aromatic heterocycles. The second-order valence-electron chi connectivity index (χ2n) is 5.49. The fraction of sp³-hybridized carbons (Fsp3) is 1.00. The van der Waals surface area contributed by atoms with Crippen molar-refractivity contribution in [3.05, 3.63) is 0 Å². The number of nitrogens with one attached hydrogen (secondary N) is 1. The van der Waals surface area contributed by atoms with Gasteiger partial charge in [-0.1, -0.05) is 39.0 Å². The molecule has 108 valence electrons. The number of aliphatic hydroxyl groups is 1. The molecule has 1 atom stereocenters. The molecule has 0 aromatic rings. The van der Waals surface area contributed by atoms with Crippen LogP contribution >= 0.6 is 0 Å². The molecule has 1 unspecified atom stereocenters. The normalized spacial score (nSPS) is 17.0. The molecule has 0 heterocycles. The van der Waals surface area contributed by atoms with E-state index in [-0.39, 0.29) is 12.6 Å². The Morgan fingerprint density at radius 3 is 2.50 bits per heavy atom. The van der Waals surface area contributed by atoms with Gasteiger partial charge in [-0.15, -0.1) is 0 Å². The van der Waals surface area contributed by atoms with E-state index in [4.69, 9.17) is 4.74 Å². The first-order valence-corrected chi connectivity index (χ1v) is 7.81. The van der Waals surface area contributed by atoms with E-state index in [0.29, 0.717) is 6.04 Å². The average Bonchev–Trinajstić information content (AvgIpc) is 3.19. The van der Waals surface area contributed by atoms with Gasteiger partial charge in [0.2, 0.25) is 0 Å². The first-order chi connectivity index (χ1) is 8.86. The van der Waals surface area contributed by atoms with Gasteiger partial charge in [0.1, 0.15) is 0 Å². The second-order valence-corrected chi connectivity index (χ2v) is 5.49. The summed E-state index contributed by atoms with van der Waals surface area (Å²) in [5.74, 6) is 0. The smallest absolute Gasteiger partial charge is 0.0585 e. The van der Waals surface area contributed by atoms with Gasteiger partial charge >= 0.3 is 0 Å². The monoisotopic (exact) mass is 257 g/mol. The van der Waals surface area contributed by atoms with Crippen LogP contribution in [0.15, 0.2) is 0 Å². The van der Waals surface area contributed by atoms with Crippen LogP contribution in [0, 0.1) is 0 Å². The highest BCUT2D eigenvalue weighted by Gasteiger charge is 2.23. The molecule has 18 heavy (non-hydrogen) atoms. The number of unbranched alkanes of at least 4 members (excludes halogenated alkanes) is 5. The van der Waals surface area contributed by atoms with E-state index in [1.807, 2.05) is 0 Å². The molecule has 3 nitrogen and oxygen atoms in total. The van der Waals surface area contributed by atoms with Crippen molar-refractivity contribution in [1.82, 2.24) is 5.32 Å². The van der Waals surface area contributed by atoms with Crippen molar-refractivity contribution in [2.45, 2.75) is 76.8 Å². The molecule has 0 amide bonds. The third kappa shape index (κ3) is 8.90. The van der Waals surface area contributed by atoms with Gasteiger partial charge in [0.15, 0.2) is 0 Å². The summed E-state index contributed by atoms with van der Waals surface area (Å²) in [6, 6.07) is 0.905. The number of rotatable bonds is 13. The van der Waals surface area contributed by atoms with Gasteiger partial charge in [0, 0.05) is 25.3 Å². The third-order valence-electron chi connectivity index (χ3n) is 3.52. The molecule has 3 heteroatoms. The lowest BCUT2D eigenvalue weighted by atomic mass is 10.1. The minimum atomic E-state index is 0.233. The van der Waals surface area contributed by atoms with Crippen molar-refractivity contribution in [2.75, 3.05) is 19.8 Å². The first-order valence-electron chi connectivity index (χ1n) is 7.81. The molecule has 1 fully saturated rings. The summed E-state index contributed by atoms with van der Waals surface area (Å²) in [5, 5.41) is 12.6. The van der Waals surface area contributed by atoms with Crippen molar-refractivity contribution in [1.29, 1.82) is 0 Å². The van der Waals surface area contributed by atoms with E-state index >= 15 is 0 Å². The van der Waals surface area contributed by atoms with E-state index in [0.717, 1.165) is 19.6 Å². The molecule has 1 rings (SSSR count). The summed E-state index contributed by atoms with van der Waals surface area (Å²) in [5.41, 5.74) is 0. The highest BCUT2D eigenvalue weighted by molar-refractivity contribution is 4.84. The highest BCUT2D eigenvalue weighted by atomic mass is 16.5. The zero-order chi connectivity index (χ0) is 13.1.